The van der Waals surface area contributed by atoms with E-state index < -0.39 is 5.97 Å². The van der Waals surface area contributed by atoms with Crippen LogP contribution in [0.4, 0.5) is 5.69 Å². The van der Waals surface area contributed by atoms with Crippen molar-refractivity contribution in [3.63, 3.8) is 0 Å². The Hall–Kier alpha value is -3.20. The molecule has 9 heteroatoms. The van der Waals surface area contributed by atoms with E-state index in [1.54, 1.807) is 28.9 Å². The Morgan fingerprint density at radius 3 is 2.75 bits per heavy atom. The number of hydrogen-bond donors (Lipinski definition) is 1. The number of nitrogens with zero attached hydrogens (tertiary/aromatic N) is 4. The molecular weight excluding hydrogens is 378 g/mol. The number of methoxy groups -OCH3 is 1. The van der Waals surface area contributed by atoms with Gasteiger partial charge in [0.15, 0.2) is 0 Å². The first-order chi connectivity index (χ1) is 13.5. The van der Waals surface area contributed by atoms with E-state index in [2.05, 4.69) is 25.6 Å². The van der Waals surface area contributed by atoms with Gasteiger partial charge >= 0.3 is 5.97 Å². The summed E-state index contributed by atoms with van der Waals surface area (Å²) in [5.74, 6) is -0.575. The Morgan fingerprint density at radius 1 is 1.18 bits per heavy atom. The fourth-order valence-electron chi connectivity index (χ4n) is 2.55. The third-order valence-electron chi connectivity index (χ3n) is 4.14. The Labute approximate surface area is 166 Å². The van der Waals surface area contributed by atoms with E-state index in [0.29, 0.717) is 16.4 Å². The van der Waals surface area contributed by atoms with E-state index in [0.717, 1.165) is 16.8 Å². The molecule has 0 radical (unpaired) electrons. The zero-order chi connectivity index (χ0) is 20.1. The third kappa shape index (κ3) is 4.37. The molecule has 0 saturated heterocycles. The predicted molar refractivity (Wildman–Crippen MR) is 106 cm³/mol. The lowest BCUT2D eigenvalue weighted by Crippen LogP contribution is -2.15. The highest BCUT2D eigenvalue weighted by atomic mass is 32.2. The molecule has 8 nitrogen and oxygen atoms in total. The Balaban J connectivity index is 1.67. The lowest BCUT2D eigenvalue weighted by atomic mass is 10.1. The molecule has 0 fully saturated rings. The van der Waals surface area contributed by atoms with Crippen molar-refractivity contribution in [1.29, 1.82) is 0 Å². The van der Waals surface area contributed by atoms with Gasteiger partial charge in [-0.1, -0.05) is 30.0 Å². The first-order valence-corrected chi connectivity index (χ1v) is 9.44. The number of esters is 1. The van der Waals surface area contributed by atoms with E-state index in [1.807, 2.05) is 32.0 Å². The van der Waals surface area contributed by atoms with Gasteiger partial charge in [0.05, 0.1) is 24.1 Å². The summed E-state index contributed by atoms with van der Waals surface area (Å²) in [7, 11) is 1.31. The molecule has 2 aromatic carbocycles. The molecule has 0 unspecified atom stereocenters. The van der Waals surface area contributed by atoms with Crippen LogP contribution in [0.25, 0.3) is 5.69 Å². The van der Waals surface area contributed by atoms with Crippen molar-refractivity contribution in [3.05, 3.63) is 59.2 Å². The van der Waals surface area contributed by atoms with E-state index >= 15 is 0 Å². The van der Waals surface area contributed by atoms with E-state index in [1.165, 1.54) is 18.9 Å². The highest BCUT2D eigenvalue weighted by molar-refractivity contribution is 7.99. The van der Waals surface area contributed by atoms with Gasteiger partial charge < -0.3 is 10.1 Å². The summed E-state index contributed by atoms with van der Waals surface area (Å²) in [6.07, 6.45) is 0. The van der Waals surface area contributed by atoms with Crippen LogP contribution in [-0.2, 0) is 9.53 Å². The SMILES string of the molecule is COC(=O)c1cccc(NC(=O)CSc2nnnn2-c2cccc(C)c2C)c1. The molecule has 0 aliphatic carbocycles. The van der Waals surface area contributed by atoms with Crippen molar-refractivity contribution < 1.29 is 14.3 Å². The summed E-state index contributed by atoms with van der Waals surface area (Å²) >= 11 is 1.23. The van der Waals surface area contributed by atoms with Crippen LogP contribution in [-0.4, -0.2) is 44.9 Å². The number of amides is 1. The summed E-state index contributed by atoms with van der Waals surface area (Å²) in [5.41, 5.74) is 3.96. The van der Waals surface area contributed by atoms with Gasteiger partial charge in [-0.15, -0.1) is 5.10 Å². The molecule has 1 amide bonds. The van der Waals surface area contributed by atoms with Gasteiger partial charge in [0.25, 0.3) is 0 Å². The number of carbonyl (C=O) groups excluding carboxylic acids is 2. The fraction of sp³-hybridized carbons (Fsp3) is 0.211. The minimum atomic E-state index is -0.460. The number of nitrogens with one attached hydrogen (secondary N) is 1. The van der Waals surface area contributed by atoms with Crippen LogP contribution in [0, 0.1) is 13.8 Å². The minimum Gasteiger partial charge on any atom is -0.465 e. The largest absolute Gasteiger partial charge is 0.465 e. The number of hydrogen-bond acceptors (Lipinski definition) is 7. The van der Waals surface area contributed by atoms with Gasteiger partial charge in [-0.3, -0.25) is 4.79 Å². The number of ether oxygens (including phenoxy) is 1. The number of tetrazole rings is 1. The van der Waals surface area contributed by atoms with Gasteiger partial charge in [0.2, 0.25) is 11.1 Å². The van der Waals surface area contributed by atoms with Crippen molar-refractivity contribution in [2.24, 2.45) is 0 Å². The number of aromatic nitrogens is 4. The lowest BCUT2D eigenvalue weighted by Gasteiger charge is -2.10. The zero-order valence-electron chi connectivity index (χ0n) is 15.7. The number of anilines is 1. The molecule has 0 saturated carbocycles. The molecule has 0 aliphatic heterocycles. The summed E-state index contributed by atoms with van der Waals surface area (Å²) in [6, 6.07) is 12.5. The number of aryl methyl sites for hydroxylation is 1. The van der Waals surface area contributed by atoms with Crippen LogP contribution in [0.3, 0.4) is 0 Å². The van der Waals surface area contributed by atoms with Crippen LogP contribution < -0.4 is 5.32 Å². The highest BCUT2D eigenvalue weighted by Gasteiger charge is 2.14. The van der Waals surface area contributed by atoms with E-state index in [-0.39, 0.29) is 11.7 Å². The molecule has 144 valence electrons. The molecule has 1 N–H and O–H groups in total. The van der Waals surface area contributed by atoms with Crippen LogP contribution in [0.5, 0.6) is 0 Å². The standard InChI is InChI=1S/C19H19N5O3S/c1-12-6-4-9-16(13(12)2)24-19(21-22-23-24)28-11-17(25)20-15-8-5-7-14(10-15)18(26)27-3/h4-10H,11H2,1-3H3,(H,20,25). The van der Waals surface area contributed by atoms with Crippen molar-refractivity contribution in [3.8, 4) is 5.69 Å². The predicted octanol–water partition coefficient (Wildman–Crippen LogP) is 2.80. The first kappa shape index (κ1) is 19.6. The first-order valence-electron chi connectivity index (χ1n) is 8.45. The summed E-state index contributed by atoms with van der Waals surface area (Å²) < 4.78 is 6.31. The lowest BCUT2D eigenvalue weighted by molar-refractivity contribution is -0.113. The molecule has 0 spiro atoms. The number of thioether (sulfide) groups is 1. The molecule has 0 atom stereocenters. The monoisotopic (exact) mass is 397 g/mol. The average Bonchev–Trinajstić information content (AvgIpc) is 3.16. The van der Waals surface area contributed by atoms with Crippen molar-refractivity contribution in [1.82, 2.24) is 20.2 Å². The normalized spacial score (nSPS) is 10.5. The number of carbonyl (C=O) groups is 2. The molecule has 0 bridgehead atoms. The summed E-state index contributed by atoms with van der Waals surface area (Å²) in [6.45, 7) is 4.02. The fourth-order valence-corrected chi connectivity index (χ4v) is 3.24. The molecule has 3 aromatic rings. The van der Waals surface area contributed by atoms with Gasteiger partial charge in [-0.2, -0.15) is 4.68 Å². The Kier molecular flexibility index (Phi) is 6.05. The average molecular weight is 397 g/mol. The van der Waals surface area contributed by atoms with Crippen LogP contribution in [0.1, 0.15) is 21.5 Å². The van der Waals surface area contributed by atoms with Crippen LogP contribution in [0.2, 0.25) is 0 Å². The maximum absolute atomic E-state index is 12.3. The van der Waals surface area contributed by atoms with Crippen molar-refractivity contribution in [2.45, 2.75) is 19.0 Å². The zero-order valence-corrected chi connectivity index (χ0v) is 16.5. The summed E-state index contributed by atoms with van der Waals surface area (Å²) in [4.78, 5) is 23.9. The highest BCUT2D eigenvalue weighted by Crippen LogP contribution is 2.22. The van der Waals surface area contributed by atoms with Crippen molar-refractivity contribution in [2.75, 3.05) is 18.2 Å². The van der Waals surface area contributed by atoms with Gasteiger partial charge in [0, 0.05) is 5.69 Å². The maximum atomic E-state index is 12.3. The van der Waals surface area contributed by atoms with Gasteiger partial charge in [-0.05, 0) is 59.7 Å². The second-order valence-corrected chi connectivity index (χ2v) is 6.94. The third-order valence-corrected chi connectivity index (χ3v) is 5.06. The molecular formula is C19H19N5O3S. The molecule has 1 heterocycles. The number of benzene rings is 2. The molecule has 1 aromatic heterocycles. The molecule has 0 aliphatic rings. The second kappa shape index (κ2) is 8.66. The minimum absolute atomic E-state index is 0.119. The Morgan fingerprint density at radius 2 is 1.96 bits per heavy atom. The van der Waals surface area contributed by atoms with Crippen LogP contribution in [0.15, 0.2) is 47.6 Å². The van der Waals surface area contributed by atoms with Gasteiger partial charge in [-0.25, -0.2) is 4.79 Å². The van der Waals surface area contributed by atoms with Crippen molar-refractivity contribution >= 4 is 29.3 Å². The maximum Gasteiger partial charge on any atom is 0.337 e. The van der Waals surface area contributed by atoms with E-state index in [9.17, 15) is 9.59 Å². The summed E-state index contributed by atoms with van der Waals surface area (Å²) in [5, 5.41) is 15.1. The molecule has 3 rings (SSSR count). The van der Waals surface area contributed by atoms with Crippen LogP contribution >= 0.6 is 11.8 Å². The quantitative estimate of drug-likeness (QED) is 0.504. The Bertz CT molecular complexity index is 1020. The number of rotatable bonds is 6. The van der Waals surface area contributed by atoms with E-state index in [4.69, 9.17) is 0 Å². The van der Waals surface area contributed by atoms with Gasteiger partial charge in [0.1, 0.15) is 0 Å². The topological polar surface area (TPSA) is 99.0 Å². The molecule has 28 heavy (non-hydrogen) atoms. The smallest absolute Gasteiger partial charge is 0.337 e. The second-order valence-electron chi connectivity index (χ2n) is 6.00.